The van der Waals surface area contributed by atoms with E-state index in [0.717, 1.165) is 12.2 Å². The number of thiazole rings is 1. The number of hydrogen-bond acceptors (Lipinski definition) is 6. The zero-order valence-corrected chi connectivity index (χ0v) is 11.2. The summed E-state index contributed by atoms with van der Waals surface area (Å²) in [4.78, 5) is 18.1. The number of nitrogens with two attached hydrogens (primary N) is 1. The predicted molar refractivity (Wildman–Crippen MR) is 70.7 cm³/mol. The Balaban J connectivity index is 1.80. The van der Waals surface area contributed by atoms with Crippen molar-refractivity contribution in [2.75, 3.05) is 38.1 Å². The first-order valence-corrected chi connectivity index (χ1v) is 6.81. The molecule has 2 heterocycles. The van der Waals surface area contributed by atoms with Gasteiger partial charge in [0.25, 0.3) is 0 Å². The Labute approximate surface area is 110 Å². The van der Waals surface area contributed by atoms with Gasteiger partial charge in [0.2, 0.25) is 5.91 Å². The van der Waals surface area contributed by atoms with Crippen LogP contribution in [0.25, 0.3) is 0 Å². The number of amides is 1. The lowest BCUT2D eigenvalue weighted by Gasteiger charge is -2.31. The van der Waals surface area contributed by atoms with Crippen LogP contribution in [0.4, 0.5) is 5.13 Å². The Hall–Kier alpha value is -1.02. The molecule has 1 aliphatic heterocycles. The van der Waals surface area contributed by atoms with E-state index in [1.54, 1.807) is 0 Å². The molecule has 1 saturated heterocycles. The summed E-state index contributed by atoms with van der Waals surface area (Å²) < 4.78 is 5.45. The summed E-state index contributed by atoms with van der Waals surface area (Å²) in [6, 6.07) is 0. The number of nitrogens with one attached hydrogen (secondary N) is 1. The average Bonchev–Trinajstić information content (AvgIpc) is 2.74. The number of hydrogen-bond donors (Lipinski definition) is 2. The van der Waals surface area contributed by atoms with Crippen molar-refractivity contribution in [3.05, 3.63) is 11.1 Å². The Morgan fingerprint density at radius 3 is 3.28 bits per heavy atom. The van der Waals surface area contributed by atoms with Gasteiger partial charge in [-0.25, -0.2) is 4.98 Å². The minimum atomic E-state index is -0.0398. The van der Waals surface area contributed by atoms with Crippen LogP contribution in [0.5, 0.6) is 0 Å². The van der Waals surface area contributed by atoms with E-state index >= 15 is 0 Å². The Bertz CT molecular complexity index is 410. The number of ether oxygens (including phenoxy) is 1. The largest absolute Gasteiger partial charge is 0.374 e. The third-order valence-electron chi connectivity index (χ3n) is 2.72. The zero-order valence-electron chi connectivity index (χ0n) is 10.4. The van der Waals surface area contributed by atoms with Gasteiger partial charge in [-0.15, -0.1) is 11.3 Å². The van der Waals surface area contributed by atoms with Crippen molar-refractivity contribution in [2.45, 2.75) is 13.0 Å². The normalized spacial score (nSPS) is 20.9. The first kappa shape index (κ1) is 13.4. The summed E-state index contributed by atoms with van der Waals surface area (Å²) in [7, 11) is 0. The molecule has 18 heavy (non-hydrogen) atoms. The van der Waals surface area contributed by atoms with Crippen LogP contribution in [0.3, 0.4) is 0 Å². The molecule has 100 valence electrons. The highest BCUT2D eigenvalue weighted by atomic mass is 32.1. The number of nitrogens with zero attached hydrogens (tertiary/aromatic N) is 2. The smallest absolute Gasteiger partial charge is 0.240 e. The van der Waals surface area contributed by atoms with Gasteiger partial charge in [0.1, 0.15) is 0 Å². The molecule has 0 aliphatic carbocycles. The molecule has 0 saturated carbocycles. The van der Waals surface area contributed by atoms with Crippen LogP contribution in [0.2, 0.25) is 0 Å². The number of rotatable bonds is 4. The van der Waals surface area contributed by atoms with E-state index < -0.39 is 0 Å². The number of carbonyl (C=O) groups excluding carboxylic acids is 1. The van der Waals surface area contributed by atoms with E-state index in [9.17, 15) is 4.79 Å². The van der Waals surface area contributed by atoms with Crippen LogP contribution in [0, 0.1) is 6.92 Å². The van der Waals surface area contributed by atoms with E-state index in [0.29, 0.717) is 31.4 Å². The van der Waals surface area contributed by atoms with Crippen LogP contribution in [-0.4, -0.2) is 54.7 Å². The molecule has 0 aromatic carbocycles. The number of anilines is 1. The van der Waals surface area contributed by atoms with Crippen LogP contribution in [0.15, 0.2) is 5.38 Å². The molecular weight excluding hydrogens is 252 g/mol. The molecule has 1 aromatic rings. The Morgan fingerprint density at radius 1 is 1.78 bits per heavy atom. The van der Waals surface area contributed by atoms with E-state index in [1.165, 1.54) is 11.3 Å². The highest BCUT2D eigenvalue weighted by Gasteiger charge is 2.21. The number of morpholine rings is 1. The molecule has 1 fully saturated rings. The Kier molecular flexibility index (Phi) is 4.65. The number of aromatic nitrogens is 1. The molecule has 0 radical (unpaired) electrons. The molecule has 1 unspecified atom stereocenters. The topological polar surface area (TPSA) is 80.5 Å². The lowest BCUT2D eigenvalue weighted by molar-refractivity contribution is -0.119. The van der Waals surface area contributed by atoms with Crippen molar-refractivity contribution < 1.29 is 9.53 Å². The second-order valence-corrected chi connectivity index (χ2v) is 5.16. The monoisotopic (exact) mass is 270 g/mol. The molecule has 1 aliphatic rings. The summed E-state index contributed by atoms with van der Waals surface area (Å²) >= 11 is 1.44. The fourth-order valence-electron chi connectivity index (χ4n) is 1.84. The van der Waals surface area contributed by atoms with Gasteiger partial charge in [0.05, 0.1) is 24.9 Å². The molecule has 0 bridgehead atoms. The first-order valence-electron chi connectivity index (χ1n) is 5.93. The quantitative estimate of drug-likeness (QED) is 0.808. The van der Waals surface area contributed by atoms with Crippen LogP contribution < -0.4 is 11.1 Å². The maximum absolute atomic E-state index is 11.8. The summed E-state index contributed by atoms with van der Waals surface area (Å²) in [6.07, 6.45) is 0.0358. The van der Waals surface area contributed by atoms with Crippen molar-refractivity contribution >= 4 is 22.4 Å². The minimum absolute atomic E-state index is 0.0358. The van der Waals surface area contributed by atoms with Crippen molar-refractivity contribution in [1.29, 1.82) is 0 Å². The summed E-state index contributed by atoms with van der Waals surface area (Å²) in [5, 5.41) is 5.36. The highest BCUT2D eigenvalue weighted by molar-refractivity contribution is 7.13. The standard InChI is InChI=1S/C11H18N4O2S/c1-8-7-18-11(13-8)14-10(16)6-15-2-3-17-9(4-12)5-15/h7,9H,2-6,12H2,1H3,(H,13,14,16). The van der Waals surface area contributed by atoms with Gasteiger partial charge in [0.15, 0.2) is 5.13 Å². The second kappa shape index (κ2) is 6.24. The lowest BCUT2D eigenvalue weighted by atomic mass is 10.2. The summed E-state index contributed by atoms with van der Waals surface area (Å²) in [6.45, 7) is 4.86. The molecule has 7 heteroatoms. The Morgan fingerprint density at radius 2 is 2.61 bits per heavy atom. The van der Waals surface area contributed by atoms with Crippen LogP contribution >= 0.6 is 11.3 Å². The zero-order chi connectivity index (χ0) is 13.0. The molecule has 3 N–H and O–H groups in total. The molecule has 2 rings (SSSR count). The first-order chi connectivity index (χ1) is 8.67. The van der Waals surface area contributed by atoms with Gasteiger partial charge in [-0.05, 0) is 6.92 Å². The molecule has 1 amide bonds. The van der Waals surface area contributed by atoms with Crippen molar-refractivity contribution in [1.82, 2.24) is 9.88 Å². The van der Waals surface area contributed by atoms with E-state index in [4.69, 9.17) is 10.5 Å². The van der Waals surface area contributed by atoms with E-state index in [-0.39, 0.29) is 12.0 Å². The number of carbonyl (C=O) groups is 1. The lowest BCUT2D eigenvalue weighted by Crippen LogP contribution is -2.48. The maximum Gasteiger partial charge on any atom is 0.240 e. The molecule has 1 atom stereocenters. The van der Waals surface area contributed by atoms with Gasteiger partial charge < -0.3 is 15.8 Å². The third-order valence-corrected chi connectivity index (χ3v) is 3.59. The predicted octanol–water partition coefficient (Wildman–Crippen LogP) is 0.0495. The maximum atomic E-state index is 11.8. The van der Waals surface area contributed by atoms with E-state index in [1.807, 2.05) is 12.3 Å². The van der Waals surface area contributed by atoms with Crippen molar-refractivity contribution in [3.8, 4) is 0 Å². The van der Waals surface area contributed by atoms with Gasteiger partial charge in [0, 0.05) is 25.0 Å². The van der Waals surface area contributed by atoms with Gasteiger partial charge in [-0.3, -0.25) is 9.69 Å². The van der Waals surface area contributed by atoms with Gasteiger partial charge >= 0.3 is 0 Å². The molecule has 6 nitrogen and oxygen atoms in total. The second-order valence-electron chi connectivity index (χ2n) is 4.31. The van der Waals surface area contributed by atoms with Gasteiger partial charge in [-0.1, -0.05) is 0 Å². The number of aryl methyl sites for hydroxylation is 1. The van der Waals surface area contributed by atoms with Crippen molar-refractivity contribution in [3.63, 3.8) is 0 Å². The highest BCUT2D eigenvalue weighted by Crippen LogP contribution is 2.14. The van der Waals surface area contributed by atoms with Crippen LogP contribution in [0.1, 0.15) is 5.69 Å². The summed E-state index contributed by atoms with van der Waals surface area (Å²) in [5.41, 5.74) is 6.48. The van der Waals surface area contributed by atoms with Crippen molar-refractivity contribution in [2.24, 2.45) is 5.73 Å². The van der Waals surface area contributed by atoms with Gasteiger partial charge in [-0.2, -0.15) is 0 Å². The molecule has 0 spiro atoms. The molecule has 1 aromatic heterocycles. The third kappa shape index (κ3) is 3.74. The average molecular weight is 270 g/mol. The fourth-order valence-corrected chi connectivity index (χ4v) is 2.54. The fraction of sp³-hybridized carbons (Fsp3) is 0.636. The SMILES string of the molecule is Cc1csc(NC(=O)CN2CCOC(CN)C2)n1. The minimum Gasteiger partial charge on any atom is -0.374 e. The van der Waals surface area contributed by atoms with E-state index in [2.05, 4.69) is 15.2 Å². The summed E-state index contributed by atoms with van der Waals surface area (Å²) in [5.74, 6) is -0.0398. The van der Waals surface area contributed by atoms with Crippen LogP contribution in [-0.2, 0) is 9.53 Å². The molecular formula is C11H18N4O2S.